The van der Waals surface area contributed by atoms with Gasteiger partial charge in [-0.05, 0) is 25.7 Å². The number of rotatable bonds is 3. The number of likely N-dealkylation sites (tertiary alicyclic amines) is 1. The van der Waals surface area contributed by atoms with Crippen LogP contribution in [0.5, 0.6) is 0 Å². The van der Waals surface area contributed by atoms with Crippen molar-refractivity contribution >= 4 is 15.9 Å². The van der Waals surface area contributed by atoms with Crippen LogP contribution in [-0.4, -0.2) is 51.1 Å². The molecule has 1 fully saturated rings. The lowest BCUT2D eigenvalue weighted by atomic mass is 9.99. The van der Waals surface area contributed by atoms with Crippen LogP contribution in [-0.2, 0) is 14.6 Å². The standard InChI is InChI=1S/C10H19NO4S/c1-3-15-10(12)11-6-4-9(5-7-11)8-16(2,13)14/h9H,3-8H2,1-2H3. The predicted molar refractivity (Wildman–Crippen MR) is 61.0 cm³/mol. The zero-order valence-electron chi connectivity index (χ0n) is 9.81. The Bertz CT molecular complexity index is 331. The molecule has 1 aliphatic heterocycles. The van der Waals surface area contributed by atoms with Crippen molar-refractivity contribution in [1.29, 1.82) is 0 Å². The molecule has 94 valence electrons. The fourth-order valence-electron chi connectivity index (χ4n) is 1.93. The minimum absolute atomic E-state index is 0.181. The highest BCUT2D eigenvalue weighted by Crippen LogP contribution is 2.19. The predicted octanol–water partition coefficient (Wildman–Crippen LogP) is 0.899. The number of sulfone groups is 1. The number of ether oxygens (including phenoxy) is 1. The molecule has 1 amide bonds. The molecule has 0 unspecified atom stereocenters. The second kappa shape index (κ2) is 5.52. The number of amides is 1. The summed E-state index contributed by atoms with van der Waals surface area (Å²) in [7, 11) is -2.91. The minimum Gasteiger partial charge on any atom is -0.450 e. The lowest BCUT2D eigenvalue weighted by Gasteiger charge is -2.30. The number of hydrogen-bond donors (Lipinski definition) is 0. The Kier molecular flexibility index (Phi) is 4.58. The van der Waals surface area contributed by atoms with Crippen LogP contribution in [0.3, 0.4) is 0 Å². The maximum atomic E-state index is 11.4. The molecule has 1 heterocycles. The molecule has 0 aliphatic carbocycles. The monoisotopic (exact) mass is 249 g/mol. The highest BCUT2D eigenvalue weighted by Gasteiger charge is 2.25. The van der Waals surface area contributed by atoms with Crippen LogP contribution in [0.4, 0.5) is 4.79 Å². The minimum atomic E-state index is -2.91. The maximum Gasteiger partial charge on any atom is 0.409 e. The van der Waals surface area contributed by atoms with E-state index in [0.29, 0.717) is 19.7 Å². The Morgan fingerprint density at radius 2 is 1.94 bits per heavy atom. The highest BCUT2D eigenvalue weighted by atomic mass is 32.2. The summed E-state index contributed by atoms with van der Waals surface area (Å²) in [6.07, 6.45) is 2.45. The third-order valence-electron chi connectivity index (χ3n) is 2.68. The zero-order chi connectivity index (χ0) is 12.2. The van der Waals surface area contributed by atoms with E-state index in [1.807, 2.05) is 0 Å². The Morgan fingerprint density at radius 1 is 1.38 bits per heavy atom. The van der Waals surface area contributed by atoms with Crippen molar-refractivity contribution in [2.45, 2.75) is 19.8 Å². The normalized spacial score (nSPS) is 18.5. The Hall–Kier alpha value is -0.780. The average molecular weight is 249 g/mol. The fourth-order valence-corrected chi connectivity index (χ4v) is 3.11. The SMILES string of the molecule is CCOC(=O)N1CCC(CS(C)(=O)=O)CC1. The fraction of sp³-hybridized carbons (Fsp3) is 0.900. The van der Waals surface area contributed by atoms with E-state index in [2.05, 4.69) is 0 Å². The van der Waals surface area contributed by atoms with Crippen LogP contribution in [0.15, 0.2) is 0 Å². The van der Waals surface area contributed by atoms with Gasteiger partial charge in [0.1, 0.15) is 9.84 Å². The molecule has 1 aliphatic rings. The topological polar surface area (TPSA) is 63.7 Å². The summed E-state index contributed by atoms with van der Waals surface area (Å²) in [4.78, 5) is 13.0. The first-order chi connectivity index (χ1) is 7.42. The molecule has 6 heteroatoms. The average Bonchev–Trinajstić information content (AvgIpc) is 2.16. The smallest absolute Gasteiger partial charge is 0.409 e. The van der Waals surface area contributed by atoms with Crippen LogP contribution < -0.4 is 0 Å². The van der Waals surface area contributed by atoms with Crippen LogP contribution in [0, 0.1) is 5.92 Å². The van der Waals surface area contributed by atoms with E-state index in [1.165, 1.54) is 6.26 Å². The summed E-state index contributed by atoms with van der Waals surface area (Å²) in [5, 5.41) is 0. The molecule has 0 spiro atoms. The molecular formula is C10H19NO4S. The molecule has 1 saturated heterocycles. The maximum absolute atomic E-state index is 11.4. The van der Waals surface area contributed by atoms with Crippen molar-refractivity contribution in [2.75, 3.05) is 31.7 Å². The lowest BCUT2D eigenvalue weighted by Crippen LogP contribution is -2.40. The van der Waals surface area contributed by atoms with Gasteiger partial charge in [-0.3, -0.25) is 0 Å². The van der Waals surface area contributed by atoms with Gasteiger partial charge in [0.05, 0.1) is 12.4 Å². The van der Waals surface area contributed by atoms with Gasteiger partial charge in [-0.2, -0.15) is 0 Å². The van der Waals surface area contributed by atoms with Gasteiger partial charge in [-0.15, -0.1) is 0 Å². The van der Waals surface area contributed by atoms with Crippen LogP contribution in [0.25, 0.3) is 0 Å². The van der Waals surface area contributed by atoms with Gasteiger partial charge in [0.2, 0.25) is 0 Å². The van der Waals surface area contributed by atoms with Crippen molar-refractivity contribution in [1.82, 2.24) is 4.90 Å². The van der Waals surface area contributed by atoms with Gasteiger partial charge in [-0.25, -0.2) is 13.2 Å². The summed E-state index contributed by atoms with van der Waals surface area (Å²) in [6.45, 7) is 3.34. The third kappa shape index (κ3) is 4.38. The number of nitrogens with zero attached hydrogens (tertiary/aromatic N) is 1. The van der Waals surface area contributed by atoms with Crippen molar-refractivity contribution < 1.29 is 17.9 Å². The number of carbonyl (C=O) groups is 1. The largest absolute Gasteiger partial charge is 0.450 e. The van der Waals surface area contributed by atoms with E-state index in [4.69, 9.17) is 4.74 Å². The first-order valence-corrected chi connectivity index (χ1v) is 7.58. The van der Waals surface area contributed by atoms with E-state index in [1.54, 1.807) is 11.8 Å². The molecule has 16 heavy (non-hydrogen) atoms. The third-order valence-corrected chi connectivity index (χ3v) is 3.76. The molecule has 0 radical (unpaired) electrons. The van der Waals surface area contributed by atoms with Gasteiger partial charge < -0.3 is 9.64 Å². The van der Waals surface area contributed by atoms with Gasteiger partial charge in [-0.1, -0.05) is 0 Å². The van der Waals surface area contributed by atoms with Crippen LogP contribution in [0.1, 0.15) is 19.8 Å². The molecule has 5 nitrogen and oxygen atoms in total. The zero-order valence-corrected chi connectivity index (χ0v) is 10.6. The highest BCUT2D eigenvalue weighted by molar-refractivity contribution is 7.90. The molecule has 1 rings (SSSR count). The first kappa shape index (κ1) is 13.3. The molecule has 0 saturated carbocycles. The lowest BCUT2D eigenvalue weighted by molar-refractivity contribution is 0.0936. The Labute approximate surface area is 96.7 Å². The van der Waals surface area contributed by atoms with E-state index < -0.39 is 9.84 Å². The summed E-state index contributed by atoms with van der Waals surface area (Å²) >= 11 is 0. The van der Waals surface area contributed by atoms with Crippen LogP contribution in [0.2, 0.25) is 0 Å². The van der Waals surface area contributed by atoms with Crippen molar-refractivity contribution in [3.8, 4) is 0 Å². The van der Waals surface area contributed by atoms with E-state index in [-0.39, 0.29) is 17.8 Å². The number of hydrogen-bond acceptors (Lipinski definition) is 4. The molecule has 0 bridgehead atoms. The second-order valence-corrected chi connectivity index (χ2v) is 6.41. The van der Waals surface area contributed by atoms with E-state index in [9.17, 15) is 13.2 Å². The quantitative estimate of drug-likeness (QED) is 0.745. The summed E-state index contributed by atoms with van der Waals surface area (Å²) in [5.41, 5.74) is 0. The summed E-state index contributed by atoms with van der Waals surface area (Å²) in [6, 6.07) is 0. The van der Waals surface area contributed by atoms with Gasteiger partial charge in [0, 0.05) is 19.3 Å². The first-order valence-electron chi connectivity index (χ1n) is 5.52. The molecule has 0 aromatic carbocycles. The molecule has 0 N–H and O–H groups in total. The summed E-state index contributed by atoms with van der Waals surface area (Å²) < 4.78 is 27.1. The Morgan fingerprint density at radius 3 is 2.38 bits per heavy atom. The van der Waals surface area contributed by atoms with Gasteiger partial charge in [0.25, 0.3) is 0 Å². The number of carbonyl (C=O) groups excluding carboxylic acids is 1. The van der Waals surface area contributed by atoms with Crippen molar-refractivity contribution in [2.24, 2.45) is 5.92 Å². The second-order valence-electron chi connectivity index (χ2n) is 4.22. The van der Waals surface area contributed by atoms with E-state index >= 15 is 0 Å². The van der Waals surface area contributed by atoms with Crippen molar-refractivity contribution in [3.05, 3.63) is 0 Å². The molecule has 0 aromatic rings. The summed E-state index contributed by atoms with van der Waals surface area (Å²) in [5.74, 6) is 0.407. The van der Waals surface area contributed by atoms with E-state index in [0.717, 1.165) is 12.8 Å². The van der Waals surface area contributed by atoms with Crippen LogP contribution >= 0.6 is 0 Å². The Balaban J connectivity index is 2.37. The molecule has 0 aromatic heterocycles. The van der Waals surface area contributed by atoms with Crippen molar-refractivity contribution in [3.63, 3.8) is 0 Å². The molecule has 0 atom stereocenters. The van der Waals surface area contributed by atoms with Gasteiger partial charge in [0.15, 0.2) is 0 Å². The van der Waals surface area contributed by atoms with Gasteiger partial charge >= 0.3 is 6.09 Å². The molecular weight excluding hydrogens is 230 g/mol. The number of piperidine rings is 1.